The summed E-state index contributed by atoms with van der Waals surface area (Å²) in [5.41, 5.74) is 0. The molecule has 1 rings (SSSR count). The summed E-state index contributed by atoms with van der Waals surface area (Å²) in [4.78, 5) is 22.8. The molecule has 2 amide bonds. The first-order chi connectivity index (χ1) is 4.86. The molecule has 0 aromatic rings. The topological polar surface area (TPSA) is 40.6 Å². The minimum absolute atomic E-state index is 0. The third kappa shape index (κ3) is 2.64. The third-order valence-electron chi connectivity index (χ3n) is 1.07. The number of carbonyl (C=O) groups is 2. The van der Waals surface area contributed by atoms with E-state index >= 15 is 0 Å². The van der Waals surface area contributed by atoms with Crippen LogP contribution >= 0.6 is 0 Å². The molecule has 0 N–H and O–H groups in total. The molecule has 0 spiro atoms. The van der Waals surface area contributed by atoms with Crippen molar-refractivity contribution in [2.24, 2.45) is 0 Å². The Morgan fingerprint density at radius 3 is 1.27 bits per heavy atom. The predicted molar refractivity (Wildman–Crippen MR) is 34.1 cm³/mol. The molecule has 0 saturated carbocycles. The van der Waals surface area contributed by atoms with Crippen molar-refractivity contribution in [1.29, 1.82) is 0 Å². The van der Waals surface area contributed by atoms with Crippen LogP contribution in [0.3, 0.4) is 0 Å². The fourth-order valence-corrected chi connectivity index (χ4v) is 0.548. The van der Waals surface area contributed by atoms with Crippen LogP contribution < -0.4 is 0 Å². The molecule has 0 aliphatic carbocycles. The Morgan fingerprint density at radius 1 is 0.818 bits per heavy atom. The molecule has 0 saturated heterocycles. The normalized spacial score (nSPS) is 14.2. The molecule has 54 valence electrons. The smallest absolute Gasteiger partial charge is 0.217 e. The van der Waals surface area contributed by atoms with E-state index in [1.54, 1.807) is 0 Å². The molecule has 0 aromatic heterocycles. The van der Waals surface area contributed by atoms with Gasteiger partial charge in [0.15, 0.2) is 0 Å². The first-order valence-corrected chi connectivity index (χ1v) is 2.69. The maximum Gasteiger partial charge on any atom is 0.217 e. The fourth-order valence-electron chi connectivity index (χ4n) is 0.548. The molecule has 0 radical (unpaired) electrons. The van der Waals surface area contributed by atoms with Crippen molar-refractivity contribution in [3.8, 4) is 0 Å². The van der Waals surface area contributed by atoms with Crippen LogP contribution in [0, 0.1) is 0 Å². The summed E-state index contributed by atoms with van der Waals surface area (Å²) in [6, 6.07) is 0. The third-order valence-corrected chi connectivity index (χ3v) is 1.07. The van der Waals surface area contributed by atoms with Gasteiger partial charge in [-0.05, 0) is 0 Å². The van der Waals surface area contributed by atoms with Crippen LogP contribution in [0.25, 0.3) is 0 Å². The minimum Gasteiger partial charge on any atom is -0.294 e. The number of carbonyl (C=O) groups excluding carboxylic acids is 2. The second kappa shape index (κ2) is 4.80. The summed E-state index contributed by atoms with van der Waals surface area (Å²) in [7, 11) is 0. The van der Waals surface area contributed by atoms with Crippen molar-refractivity contribution in [1.82, 2.24) is 9.80 Å². The molecule has 0 fully saturated rings. The van der Waals surface area contributed by atoms with Crippen LogP contribution in [0.15, 0.2) is 24.8 Å². The van der Waals surface area contributed by atoms with E-state index in [1.807, 2.05) is 0 Å². The van der Waals surface area contributed by atoms with Crippen molar-refractivity contribution in [2.45, 2.75) is 0 Å². The molecule has 5 heteroatoms. The van der Waals surface area contributed by atoms with Crippen molar-refractivity contribution >= 4 is 12.8 Å². The molecule has 0 bridgehead atoms. The molecule has 0 aromatic carbocycles. The summed E-state index contributed by atoms with van der Waals surface area (Å²) in [6.45, 7) is 0. The van der Waals surface area contributed by atoms with E-state index in [9.17, 15) is 9.59 Å². The Morgan fingerprint density at radius 2 is 1.09 bits per heavy atom. The molecule has 11 heavy (non-hydrogen) atoms. The number of amides is 2. The first-order valence-electron chi connectivity index (χ1n) is 2.69. The predicted octanol–water partition coefficient (Wildman–Crippen LogP) is -0.143. The summed E-state index contributed by atoms with van der Waals surface area (Å²) >= 11 is 0. The van der Waals surface area contributed by atoms with E-state index in [0.717, 1.165) is 0 Å². The van der Waals surface area contributed by atoms with Crippen LogP contribution in [-0.2, 0) is 29.1 Å². The second-order valence-corrected chi connectivity index (χ2v) is 1.70. The Balaban J connectivity index is 0.000001000. The standard InChI is InChI=1S/C6H6N2O2.Zn/c9-5-7-1-2-8(6-10)4-3-7;/h1-6H;. The molecule has 1 heterocycles. The van der Waals surface area contributed by atoms with E-state index in [2.05, 4.69) is 0 Å². The molecule has 1 aliphatic rings. The van der Waals surface area contributed by atoms with E-state index < -0.39 is 0 Å². The van der Waals surface area contributed by atoms with Crippen LogP contribution in [0.4, 0.5) is 0 Å². The van der Waals surface area contributed by atoms with Crippen LogP contribution in [0.5, 0.6) is 0 Å². The van der Waals surface area contributed by atoms with Gasteiger partial charge in [0.2, 0.25) is 12.8 Å². The van der Waals surface area contributed by atoms with Crippen molar-refractivity contribution in [2.75, 3.05) is 0 Å². The molecular formula is C6H6N2O2Zn. The number of hydrogen-bond acceptors (Lipinski definition) is 2. The summed E-state index contributed by atoms with van der Waals surface area (Å²) < 4.78 is 0. The van der Waals surface area contributed by atoms with Gasteiger partial charge in [0, 0.05) is 44.3 Å². The van der Waals surface area contributed by atoms with Gasteiger partial charge in [0.25, 0.3) is 0 Å². The van der Waals surface area contributed by atoms with E-state index in [4.69, 9.17) is 0 Å². The minimum atomic E-state index is 0. The van der Waals surface area contributed by atoms with Gasteiger partial charge in [0.1, 0.15) is 0 Å². The van der Waals surface area contributed by atoms with E-state index in [0.29, 0.717) is 12.8 Å². The second-order valence-electron chi connectivity index (χ2n) is 1.70. The number of nitrogens with zero attached hydrogens (tertiary/aromatic N) is 2. The van der Waals surface area contributed by atoms with Gasteiger partial charge < -0.3 is 0 Å². The zero-order valence-electron chi connectivity index (χ0n) is 5.88. The maximum atomic E-state index is 10.1. The molecule has 1 aliphatic heterocycles. The molecule has 0 unspecified atom stereocenters. The van der Waals surface area contributed by atoms with Gasteiger partial charge in [-0.2, -0.15) is 0 Å². The largest absolute Gasteiger partial charge is 0.294 e. The SMILES string of the molecule is O=CN1C=CN(C=O)C=C1.[Zn]. The monoisotopic (exact) mass is 202 g/mol. The summed E-state index contributed by atoms with van der Waals surface area (Å²) in [6.07, 6.45) is 7.25. The van der Waals surface area contributed by atoms with Crippen molar-refractivity contribution < 1.29 is 29.1 Å². The summed E-state index contributed by atoms with van der Waals surface area (Å²) in [5, 5.41) is 0. The van der Waals surface area contributed by atoms with E-state index in [-0.39, 0.29) is 19.5 Å². The summed E-state index contributed by atoms with van der Waals surface area (Å²) in [5.74, 6) is 0. The van der Waals surface area contributed by atoms with Gasteiger partial charge in [-0.1, -0.05) is 0 Å². The van der Waals surface area contributed by atoms with Crippen LogP contribution in [0.2, 0.25) is 0 Å². The van der Waals surface area contributed by atoms with Gasteiger partial charge >= 0.3 is 0 Å². The average molecular weight is 204 g/mol. The number of hydrogen-bond donors (Lipinski definition) is 0. The molecule has 0 atom stereocenters. The number of rotatable bonds is 2. The fraction of sp³-hybridized carbons (Fsp3) is 0. The van der Waals surface area contributed by atoms with Gasteiger partial charge in [-0.15, -0.1) is 0 Å². The van der Waals surface area contributed by atoms with Gasteiger partial charge in [-0.3, -0.25) is 19.4 Å². The van der Waals surface area contributed by atoms with Gasteiger partial charge in [-0.25, -0.2) is 0 Å². The maximum absolute atomic E-state index is 10.1. The quantitative estimate of drug-likeness (QED) is 0.463. The average Bonchev–Trinajstić information content (AvgIpc) is 2.05. The van der Waals surface area contributed by atoms with Crippen molar-refractivity contribution in [3.05, 3.63) is 24.8 Å². The Hall–Kier alpha value is -0.957. The Kier molecular flexibility index (Phi) is 4.38. The van der Waals surface area contributed by atoms with Crippen molar-refractivity contribution in [3.63, 3.8) is 0 Å². The molecular weight excluding hydrogens is 197 g/mol. The van der Waals surface area contributed by atoms with Crippen LogP contribution in [-0.4, -0.2) is 22.6 Å². The first kappa shape index (κ1) is 10.0. The Labute approximate surface area is 76.9 Å². The zero-order chi connectivity index (χ0) is 7.40. The van der Waals surface area contributed by atoms with Gasteiger partial charge in [0.05, 0.1) is 0 Å². The zero-order valence-corrected chi connectivity index (χ0v) is 8.85. The molecule has 4 nitrogen and oxygen atoms in total. The van der Waals surface area contributed by atoms with E-state index in [1.165, 1.54) is 34.6 Å². The Bertz CT molecular complexity index is 169. The van der Waals surface area contributed by atoms with Crippen LogP contribution in [0.1, 0.15) is 0 Å².